The Morgan fingerprint density at radius 2 is 1.75 bits per heavy atom. The number of rotatable bonds is 2. The molecule has 0 saturated carbocycles. The van der Waals surface area contributed by atoms with Crippen LogP contribution in [0.4, 0.5) is 0 Å². The van der Waals surface area contributed by atoms with E-state index in [4.69, 9.17) is 5.73 Å². The Balaban J connectivity index is 2.40. The molecule has 0 radical (unpaired) electrons. The highest BCUT2D eigenvalue weighted by molar-refractivity contribution is 5.76. The number of carbonyl (C=O) groups excluding carboxylic acids is 1. The minimum absolute atomic E-state index is 0.0341. The van der Waals surface area contributed by atoms with E-state index in [-0.39, 0.29) is 17.5 Å². The summed E-state index contributed by atoms with van der Waals surface area (Å²) in [5, 5.41) is 0. The van der Waals surface area contributed by atoms with Gasteiger partial charge in [-0.2, -0.15) is 0 Å². The zero-order chi connectivity index (χ0) is 12.3. The van der Waals surface area contributed by atoms with Crippen molar-refractivity contribution in [1.29, 1.82) is 0 Å². The summed E-state index contributed by atoms with van der Waals surface area (Å²) >= 11 is 0. The monoisotopic (exact) mass is 227 g/mol. The summed E-state index contributed by atoms with van der Waals surface area (Å²) in [5.74, 6) is 0.198. The van der Waals surface area contributed by atoms with Gasteiger partial charge < -0.3 is 10.6 Å². The summed E-state index contributed by atoms with van der Waals surface area (Å²) in [6.45, 7) is 12.1. The second-order valence-corrected chi connectivity index (χ2v) is 5.72. The number of piperazine rings is 1. The molecule has 1 saturated heterocycles. The minimum Gasteiger partial charge on any atom is -0.340 e. The lowest BCUT2D eigenvalue weighted by Crippen LogP contribution is -2.55. The van der Waals surface area contributed by atoms with E-state index in [1.807, 2.05) is 11.8 Å². The lowest BCUT2D eigenvalue weighted by Gasteiger charge is -2.42. The quantitative estimate of drug-likeness (QED) is 0.754. The molecule has 1 fully saturated rings. The van der Waals surface area contributed by atoms with E-state index in [1.165, 1.54) is 0 Å². The van der Waals surface area contributed by atoms with Crippen molar-refractivity contribution in [1.82, 2.24) is 9.80 Å². The lowest BCUT2D eigenvalue weighted by atomic mass is 10.0. The Labute approximate surface area is 98.8 Å². The number of nitrogens with two attached hydrogens (primary N) is 1. The third-order valence-corrected chi connectivity index (χ3v) is 3.08. The zero-order valence-electron chi connectivity index (χ0n) is 11.0. The van der Waals surface area contributed by atoms with Gasteiger partial charge in [0.15, 0.2) is 0 Å². The number of hydrogen-bond acceptors (Lipinski definition) is 3. The molecule has 0 aliphatic carbocycles. The summed E-state index contributed by atoms with van der Waals surface area (Å²) in [6.07, 6.45) is 0.468. The standard InChI is InChI=1S/C12H25N3O/c1-10(13)9-11(16)14-5-7-15(8-6-14)12(2,3)4/h10H,5-9,13H2,1-4H3/t10-/m0/s1. The van der Waals surface area contributed by atoms with E-state index in [2.05, 4.69) is 25.7 Å². The maximum Gasteiger partial charge on any atom is 0.224 e. The maximum absolute atomic E-state index is 11.8. The first-order valence-electron chi connectivity index (χ1n) is 6.09. The van der Waals surface area contributed by atoms with Gasteiger partial charge in [0.2, 0.25) is 5.91 Å². The smallest absolute Gasteiger partial charge is 0.224 e. The Morgan fingerprint density at radius 1 is 1.25 bits per heavy atom. The van der Waals surface area contributed by atoms with Crippen LogP contribution in [0.25, 0.3) is 0 Å². The van der Waals surface area contributed by atoms with Crippen LogP contribution in [-0.2, 0) is 4.79 Å². The molecule has 0 aromatic heterocycles. The van der Waals surface area contributed by atoms with Crippen molar-refractivity contribution >= 4 is 5.91 Å². The van der Waals surface area contributed by atoms with Gasteiger partial charge in [-0.25, -0.2) is 0 Å². The molecule has 94 valence electrons. The van der Waals surface area contributed by atoms with Gasteiger partial charge in [-0.05, 0) is 27.7 Å². The largest absolute Gasteiger partial charge is 0.340 e. The van der Waals surface area contributed by atoms with Crippen molar-refractivity contribution in [3.63, 3.8) is 0 Å². The number of carbonyl (C=O) groups is 1. The van der Waals surface area contributed by atoms with E-state index in [0.29, 0.717) is 6.42 Å². The van der Waals surface area contributed by atoms with Crippen LogP contribution in [0.15, 0.2) is 0 Å². The summed E-state index contributed by atoms with van der Waals surface area (Å²) in [6, 6.07) is -0.0341. The van der Waals surface area contributed by atoms with E-state index in [0.717, 1.165) is 26.2 Å². The summed E-state index contributed by atoms with van der Waals surface area (Å²) in [5.41, 5.74) is 5.84. The second-order valence-electron chi connectivity index (χ2n) is 5.72. The van der Waals surface area contributed by atoms with Crippen molar-refractivity contribution in [2.24, 2.45) is 5.73 Å². The normalized spacial score (nSPS) is 20.9. The SMILES string of the molecule is C[C@H](N)CC(=O)N1CCN(C(C)(C)C)CC1. The predicted octanol–water partition coefficient (Wildman–Crippen LogP) is 0.666. The van der Waals surface area contributed by atoms with Crippen LogP contribution in [-0.4, -0.2) is 53.5 Å². The first-order chi connectivity index (χ1) is 7.30. The fraction of sp³-hybridized carbons (Fsp3) is 0.917. The Morgan fingerprint density at radius 3 is 2.12 bits per heavy atom. The van der Waals surface area contributed by atoms with Crippen LogP contribution in [0.3, 0.4) is 0 Å². The molecule has 1 rings (SSSR count). The lowest BCUT2D eigenvalue weighted by molar-refractivity contribution is -0.134. The van der Waals surface area contributed by atoms with E-state index >= 15 is 0 Å². The van der Waals surface area contributed by atoms with Crippen molar-refractivity contribution in [2.75, 3.05) is 26.2 Å². The fourth-order valence-corrected chi connectivity index (χ4v) is 2.03. The average Bonchev–Trinajstić information content (AvgIpc) is 2.15. The molecule has 4 heteroatoms. The minimum atomic E-state index is -0.0341. The highest BCUT2D eigenvalue weighted by atomic mass is 16.2. The van der Waals surface area contributed by atoms with E-state index in [9.17, 15) is 4.79 Å². The van der Waals surface area contributed by atoms with Crippen LogP contribution >= 0.6 is 0 Å². The van der Waals surface area contributed by atoms with Crippen molar-refractivity contribution in [2.45, 2.75) is 45.7 Å². The Bertz CT molecular complexity index is 237. The van der Waals surface area contributed by atoms with Crippen LogP contribution in [0.2, 0.25) is 0 Å². The number of hydrogen-bond donors (Lipinski definition) is 1. The number of amides is 1. The molecule has 0 aromatic rings. The molecule has 1 heterocycles. The maximum atomic E-state index is 11.8. The molecular weight excluding hydrogens is 202 g/mol. The van der Waals surface area contributed by atoms with Crippen molar-refractivity contribution < 1.29 is 4.79 Å². The second kappa shape index (κ2) is 5.15. The van der Waals surface area contributed by atoms with Gasteiger partial charge in [-0.1, -0.05) is 0 Å². The summed E-state index contributed by atoms with van der Waals surface area (Å²) in [4.78, 5) is 16.1. The molecule has 2 N–H and O–H groups in total. The summed E-state index contributed by atoms with van der Waals surface area (Å²) < 4.78 is 0. The highest BCUT2D eigenvalue weighted by Crippen LogP contribution is 2.16. The first kappa shape index (κ1) is 13.5. The topological polar surface area (TPSA) is 49.6 Å². The highest BCUT2D eigenvalue weighted by Gasteiger charge is 2.27. The van der Waals surface area contributed by atoms with Crippen LogP contribution in [0.5, 0.6) is 0 Å². The molecule has 1 aliphatic heterocycles. The van der Waals surface area contributed by atoms with Gasteiger partial charge in [-0.3, -0.25) is 9.69 Å². The fourth-order valence-electron chi connectivity index (χ4n) is 2.03. The van der Waals surface area contributed by atoms with Gasteiger partial charge in [0, 0.05) is 44.2 Å². The van der Waals surface area contributed by atoms with Gasteiger partial charge in [0.05, 0.1) is 0 Å². The van der Waals surface area contributed by atoms with Crippen LogP contribution in [0, 0.1) is 0 Å². The molecule has 0 spiro atoms. The Kier molecular flexibility index (Phi) is 4.33. The van der Waals surface area contributed by atoms with Gasteiger partial charge in [0.1, 0.15) is 0 Å². The molecule has 4 nitrogen and oxygen atoms in total. The van der Waals surface area contributed by atoms with Gasteiger partial charge in [0.25, 0.3) is 0 Å². The molecule has 0 aromatic carbocycles. The van der Waals surface area contributed by atoms with Crippen LogP contribution < -0.4 is 5.73 Å². The van der Waals surface area contributed by atoms with E-state index in [1.54, 1.807) is 0 Å². The van der Waals surface area contributed by atoms with E-state index < -0.39 is 0 Å². The molecule has 1 aliphatic rings. The summed E-state index contributed by atoms with van der Waals surface area (Å²) in [7, 11) is 0. The molecule has 0 unspecified atom stereocenters. The molecule has 16 heavy (non-hydrogen) atoms. The number of nitrogens with zero attached hydrogens (tertiary/aromatic N) is 2. The van der Waals surface area contributed by atoms with Gasteiger partial charge >= 0.3 is 0 Å². The van der Waals surface area contributed by atoms with Crippen molar-refractivity contribution in [3.8, 4) is 0 Å². The third kappa shape index (κ3) is 3.76. The zero-order valence-corrected chi connectivity index (χ0v) is 11.0. The molecule has 1 atom stereocenters. The van der Waals surface area contributed by atoms with Crippen LogP contribution in [0.1, 0.15) is 34.1 Å². The predicted molar refractivity (Wildman–Crippen MR) is 66.2 cm³/mol. The first-order valence-corrected chi connectivity index (χ1v) is 6.09. The molecular formula is C12H25N3O. The average molecular weight is 227 g/mol. The van der Waals surface area contributed by atoms with Crippen molar-refractivity contribution in [3.05, 3.63) is 0 Å². The molecule has 1 amide bonds. The molecule has 0 bridgehead atoms. The Hall–Kier alpha value is -0.610. The van der Waals surface area contributed by atoms with Gasteiger partial charge in [-0.15, -0.1) is 0 Å². The third-order valence-electron chi connectivity index (χ3n) is 3.08.